The minimum Gasteiger partial charge on any atom is -0.505 e. The molecule has 0 spiro atoms. The molecule has 1 atom stereocenters. The summed E-state index contributed by atoms with van der Waals surface area (Å²) in [6.45, 7) is 3.24. The van der Waals surface area contributed by atoms with E-state index in [0.717, 1.165) is 18.2 Å². The molecule has 0 aliphatic rings. The van der Waals surface area contributed by atoms with Gasteiger partial charge in [0.25, 0.3) is 0 Å². The summed E-state index contributed by atoms with van der Waals surface area (Å²) < 4.78 is 52.7. The fourth-order valence-electron chi connectivity index (χ4n) is 2.74. The van der Waals surface area contributed by atoms with E-state index < -0.39 is 29.3 Å². The largest absolute Gasteiger partial charge is 0.505 e. The molecule has 3 aromatic rings. The van der Waals surface area contributed by atoms with Gasteiger partial charge in [0.15, 0.2) is 11.6 Å². The Labute approximate surface area is 151 Å². The zero-order chi connectivity index (χ0) is 19.9. The molecule has 4 N–H and O–H groups in total. The Hall–Kier alpha value is -3.10. The number of benzene rings is 2. The number of halogens is 4. The highest BCUT2D eigenvalue weighted by atomic mass is 19.4. The second-order valence-corrected chi connectivity index (χ2v) is 6.19. The summed E-state index contributed by atoms with van der Waals surface area (Å²) in [7, 11) is 0. The van der Waals surface area contributed by atoms with E-state index in [1.165, 1.54) is 12.1 Å². The predicted octanol–water partition coefficient (Wildman–Crippen LogP) is 4.56. The number of aryl methyl sites for hydroxylation is 1. The molecule has 1 heterocycles. The SMILES string of the molecule is Cc1nc(N[C@H](C)c2cc(N)cc(C(F)(F)F)c2)c2cc(O)c(F)cc2n1. The zero-order valence-corrected chi connectivity index (χ0v) is 14.4. The van der Waals surface area contributed by atoms with E-state index in [1.54, 1.807) is 13.8 Å². The third-order valence-corrected chi connectivity index (χ3v) is 4.03. The van der Waals surface area contributed by atoms with Crippen molar-refractivity contribution in [1.82, 2.24) is 9.97 Å². The van der Waals surface area contributed by atoms with Crippen molar-refractivity contribution in [2.24, 2.45) is 0 Å². The number of rotatable bonds is 3. The number of nitrogens with one attached hydrogen (secondary N) is 1. The molecule has 142 valence electrons. The van der Waals surface area contributed by atoms with E-state index in [4.69, 9.17) is 5.73 Å². The number of hydrogen-bond donors (Lipinski definition) is 3. The molecular weight excluding hydrogens is 364 g/mol. The van der Waals surface area contributed by atoms with Gasteiger partial charge in [-0.05, 0) is 43.7 Å². The second kappa shape index (κ2) is 6.57. The number of hydrogen-bond acceptors (Lipinski definition) is 5. The highest BCUT2D eigenvalue weighted by Gasteiger charge is 2.31. The van der Waals surface area contributed by atoms with Crippen LogP contribution in [-0.4, -0.2) is 15.1 Å². The van der Waals surface area contributed by atoms with Crippen molar-refractivity contribution in [3.05, 3.63) is 53.1 Å². The van der Waals surface area contributed by atoms with Crippen molar-refractivity contribution in [1.29, 1.82) is 0 Å². The Morgan fingerprint density at radius 2 is 1.81 bits per heavy atom. The van der Waals surface area contributed by atoms with Crippen molar-refractivity contribution < 1.29 is 22.7 Å². The van der Waals surface area contributed by atoms with E-state index in [1.807, 2.05) is 0 Å². The zero-order valence-electron chi connectivity index (χ0n) is 14.4. The Morgan fingerprint density at radius 3 is 2.48 bits per heavy atom. The van der Waals surface area contributed by atoms with Gasteiger partial charge in [0.05, 0.1) is 17.1 Å². The summed E-state index contributed by atoms with van der Waals surface area (Å²) in [6.07, 6.45) is -4.52. The van der Waals surface area contributed by atoms with Crippen LogP contribution in [0.4, 0.5) is 29.1 Å². The van der Waals surface area contributed by atoms with Gasteiger partial charge in [0, 0.05) is 17.1 Å². The standard InChI is InChI=1S/C18H16F4N4O/c1-8(10-3-11(18(20,21)22)5-12(23)4-10)24-17-13-6-16(27)14(19)7-15(13)25-9(2)26-17/h3-8,27H,23H2,1-2H3,(H,24,25,26)/t8-/m1/s1. The number of nitrogens with zero attached hydrogens (tertiary/aromatic N) is 2. The van der Waals surface area contributed by atoms with Gasteiger partial charge < -0.3 is 16.2 Å². The van der Waals surface area contributed by atoms with Gasteiger partial charge in [-0.15, -0.1) is 0 Å². The Balaban J connectivity index is 2.03. The molecule has 0 saturated carbocycles. The first-order chi connectivity index (χ1) is 12.5. The number of fused-ring (bicyclic) bond motifs is 1. The third-order valence-electron chi connectivity index (χ3n) is 4.03. The van der Waals surface area contributed by atoms with Gasteiger partial charge >= 0.3 is 6.18 Å². The molecule has 0 saturated heterocycles. The highest BCUT2D eigenvalue weighted by molar-refractivity contribution is 5.90. The van der Waals surface area contributed by atoms with Crippen LogP contribution in [0.25, 0.3) is 10.9 Å². The molecule has 0 radical (unpaired) electrons. The van der Waals surface area contributed by atoms with Crippen molar-refractivity contribution >= 4 is 22.4 Å². The van der Waals surface area contributed by atoms with Crippen molar-refractivity contribution in [2.45, 2.75) is 26.1 Å². The molecule has 0 bridgehead atoms. The molecule has 0 aliphatic carbocycles. The Morgan fingerprint density at radius 1 is 1.11 bits per heavy atom. The van der Waals surface area contributed by atoms with Crippen LogP contribution in [0.5, 0.6) is 5.75 Å². The van der Waals surface area contributed by atoms with Gasteiger partial charge in [-0.25, -0.2) is 14.4 Å². The molecule has 0 aliphatic heterocycles. The fourth-order valence-corrected chi connectivity index (χ4v) is 2.74. The van der Waals surface area contributed by atoms with E-state index >= 15 is 0 Å². The van der Waals surface area contributed by atoms with E-state index in [0.29, 0.717) is 16.8 Å². The average molecular weight is 380 g/mol. The molecule has 3 rings (SSSR count). The van der Waals surface area contributed by atoms with E-state index in [-0.39, 0.29) is 17.0 Å². The number of nitrogens with two attached hydrogens (primary N) is 1. The topological polar surface area (TPSA) is 84.1 Å². The summed E-state index contributed by atoms with van der Waals surface area (Å²) in [4.78, 5) is 8.33. The second-order valence-electron chi connectivity index (χ2n) is 6.19. The minimum absolute atomic E-state index is 0.0167. The first-order valence-corrected chi connectivity index (χ1v) is 7.95. The van der Waals surface area contributed by atoms with Crippen LogP contribution >= 0.6 is 0 Å². The van der Waals surface area contributed by atoms with Crippen LogP contribution in [0.15, 0.2) is 30.3 Å². The number of phenols is 1. The van der Waals surface area contributed by atoms with Gasteiger partial charge in [-0.3, -0.25) is 0 Å². The van der Waals surface area contributed by atoms with Gasteiger partial charge in [0.1, 0.15) is 11.6 Å². The van der Waals surface area contributed by atoms with Gasteiger partial charge in [0.2, 0.25) is 0 Å². The molecular formula is C18H16F4N4O. The van der Waals surface area contributed by atoms with Crippen LogP contribution in [0.2, 0.25) is 0 Å². The lowest BCUT2D eigenvalue weighted by Crippen LogP contribution is -2.12. The monoisotopic (exact) mass is 380 g/mol. The lowest BCUT2D eigenvalue weighted by molar-refractivity contribution is -0.137. The van der Waals surface area contributed by atoms with E-state index in [9.17, 15) is 22.7 Å². The summed E-state index contributed by atoms with van der Waals surface area (Å²) in [6, 6.07) is 4.93. The summed E-state index contributed by atoms with van der Waals surface area (Å²) in [5.41, 5.74) is 5.31. The lowest BCUT2D eigenvalue weighted by Gasteiger charge is -2.19. The first-order valence-electron chi connectivity index (χ1n) is 7.95. The minimum atomic E-state index is -4.52. The van der Waals surface area contributed by atoms with Crippen molar-refractivity contribution in [3.8, 4) is 5.75 Å². The molecule has 27 heavy (non-hydrogen) atoms. The summed E-state index contributed by atoms with van der Waals surface area (Å²) in [5.74, 6) is -0.804. The number of anilines is 2. The summed E-state index contributed by atoms with van der Waals surface area (Å²) >= 11 is 0. The first kappa shape index (κ1) is 18.7. The lowest BCUT2D eigenvalue weighted by atomic mass is 10.0. The maximum absolute atomic E-state index is 13.6. The maximum atomic E-state index is 13.6. The molecule has 5 nitrogen and oxygen atoms in total. The Bertz CT molecular complexity index is 1020. The highest BCUT2D eigenvalue weighted by Crippen LogP contribution is 2.34. The number of aromatic hydroxyl groups is 1. The van der Waals surface area contributed by atoms with Crippen LogP contribution in [0, 0.1) is 12.7 Å². The van der Waals surface area contributed by atoms with Gasteiger partial charge in [-0.2, -0.15) is 13.2 Å². The third kappa shape index (κ3) is 3.86. The fraction of sp³-hybridized carbons (Fsp3) is 0.222. The smallest absolute Gasteiger partial charge is 0.416 e. The molecule has 0 fully saturated rings. The molecule has 0 amide bonds. The van der Waals surface area contributed by atoms with Crippen molar-refractivity contribution in [3.63, 3.8) is 0 Å². The van der Waals surface area contributed by atoms with E-state index in [2.05, 4.69) is 15.3 Å². The molecule has 2 aromatic carbocycles. The summed E-state index contributed by atoms with van der Waals surface area (Å²) in [5, 5.41) is 13.0. The van der Waals surface area contributed by atoms with Crippen LogP contribution in [0.3, 0.4) is 0 Å². The quantitative estimate of drug-likeness (QED) is 0.458. The average Bonchev–Trinajstić information content (AvgIpc) is 2.55. The molecule has 0 unspecified atom stereocenters. The van der Waals surface area contributed by atoms with Crippen LogP contribution in [0.1, 0.15) is 29.9 Å². The normalized spacial score (nSPS) is 13.0. The number of alkyl halides is 3. The predicted molar refractivity (Wildman–Crippen MR) is 93.8 cm³/mol. The maximum Gasteiger partial charge on any atom is 0.416 e. The number of nitrogen functional groups attached to an aromatic ring is 1. The van der Waals surface area contributed by atoms with Crippen LogP contribution < -0.4 is 11.1 Å². The Kier molecular flexibility index (Phi) is 4.54. The van der Waals surface area contributed by atoms with Crippen molar-refractivity contribution in [2.75, 3.05) is 11.1 Å². The molecule has 9 heteroatoms. The molecule has 1 aromatic heterocycles. The van der Waals surface area contributed by atoms with Gasteiger partial charge in [-0.1, -0.05) is 0 Å². The number of phenolic OH excluding ortho intramolecular Hbond substituents is 1. The number of aromatic nitrogens is 2. The van der Waals surface area contributed by atoms with Crippen LogP contribution in [-0.2, 0) is 6.18 Å².